The van der Waals surface area contributed by atoms with E-state index in [9.17, 15) is 0 Å². The van der Waals surface area contributed by atoms with Gasteiger partial charge in [0.1, 0.15) is 0 Å². The topological polar surface area (TPSA) is 19.0 Å². The molecule has 0 radical (unpaired) electrons. The van der Waals surface area contributed by atoms with Crippen molar-refractivity contribution in [2.45, 2.75) is 0 Å². The van der Waals surface area contributed by atoms with E-state index in [4.69, 9.17) is 4.74 Å². The number of para-hydroxylation sites is 4. The summed E-state index contributed by atoms with van der Waals surface area (Å²) in [6.45, 7) is 0. The Kier molecular flexibility index (Phi) is 9.12. The number of ether oxygens (including phenoxy) is 1. The van der Waals surface area contributed by atoms with Gasteiger partial charge in [-0.3, -0.25) is 0 Å². The van der Waals surface area contributed by atoms with E-state index in [0.717, 1.165) is 62.7 Å². The lowest BCUT2D eigenvalue weighted by atomic mass is 9.91. The van der Waals surface area contributed by atoms with Crippen molar-refractivity contribution < 1.29 is 4.74 Å². The highest BCUT2D eigenvalue weighted by molar-refractivity contribution is 6.26. The SMILES string of the molecule is c1ccc(-c2ccc3c4ccccc4c4cc(N5c6ccc(N(c7ccccc7)c7ccccc7)cc6Oc6cc(N(c7ccccc7)c7ccccc7)ccc65)ccc4c3c2)cc1. The molecule has 64 heavy (non-hydrogen) atoms. The molecule has 11 aromatic carbocycles. The second-order valence-corrected chi connectivity index (χ2v) is 16.2. The molecular formula is C60H41N3O. The summed E-state index contributed by atoms with van der Waals surface area (Å²) >= 11 is 0. The van der Waals surface area contributed by atoms with E-state index in [-0.39, 0.29) is 0 Å². The fraction of sp³-hybridized carbons (Fsp3) is 0. The van der Waals surface area contributed by atoms with Crippen molar-refractivity contribution in [2.75, 3.05) is 14.7 Å². The lowest BCUT2D eigenvalue weighted by Crippen LogP contribution is -2.18. The second kappa shape index (κ2) is 15.7. The zero-order valence-corrected chi connectivity index (χ0v) is 34.9. The Hall–Kier alpha value is -8.60. The van der Waals surface area contributed by atoms with Crippen molar-refractivity contribution >= 4 is 83.5 Å². The zero-order chi connectivity index (χ0) is 42.4. The van der Waals surface area contributed by atoms with E-state index in [1.165, 1.54) is 43.4 Å². The fourth-order valence-electron chi connectivity index (χ4n) is 9.44. The molecule has 4 nitrogen and oxygen atoms in total. The average molecular weight is 820 g/mol. The number of fused-ring (bicyclic) bond motifs is 8. The van der Waals surface area contributed by atoms with Gasteiger partial charge in [-0.15, -0.1) is 0 Å². The summed E-state index contributed by atoms with van der Waals surface area (Å²) in [6.07, 6.45) is 0. The molecule has 0 saturated heterocycles. The molecule has 0 atom stereocenters. The summed E-state index contributed by atoms with van der Waals surface area (Å²) in [4.78, 5) is 6.93. The van der Waals surface area contributed by atoms with Crippen LogP contribution in [0.15, 0.2) is 249 Å². The van der Waals surface area contributed by atoms with Crippen molar-refractivity contribution in [3.63, 3.8) is 0 Å². The maximum atomic E-state index is 7.13. The van der Waals surface area contributed by atoms with Gasteiger partial charge in [0.25, 0.3) is 0 Å². The van der Waals surface area contributed by atoms with Gasteiger partial charge in [0.2, 0.25) is 0 Å². The Morgan fingerprint density at radius 1 is 0.266 bits per heavy atom. The first-order chi connectivity index (χ1) is 31.7. The standard InChI is InChI=1S/C60H41N3O/c1-6-18-42(19-7-1)43-30-34-53-51-28-16-17-29-52(51)56-39-48(31-35-54(56)55(53)38-43)63-57-36-32-49(61(44-20-8-2-9-21-44)45-22-10-3-11-23-45)40-59(57)64-60-41-50(33-37-58(60)63)62(46-24-12-4-13-25-46)47-26-14-5-15-27-47/h1-41H. The molecule has 0 bridgehead atoms. The Morgan fingerprint density at radius 2 is 0.656 bits per heavy atom. The van der Waals surface area contributed by atoms with Gasteiger partial charge in [-0.1, -0.05) is 146 Å². The van der Waals surface area contributed by atoms with E-state index in [1.807, 2.05) is 0 Å². The van der Waals surface area contributed by atoms with Crippen LogP contribution < -0.4 is 19.4 Å². The Labute approximate surface area is 372 Å². The van der Waals surface area contributed by atoms with E-state index in [2.05, 4.69) is 263 Å². The molecule has 1 aliphatic rings. The van der Waals surface area contributed by atoms with Gasteiger partial charge in [0, 0.05) is 51.9 Å². The Bertz CT molecular complexity index is 3260. The average Bonchev–Trinajstić information content (AvgIpc) is 3.37. The van der Waals surface area contributed by atoms with Crippen LogP contribution in [0.3, 0.4) is 0 Å². The van der Waals surface area contributed by atoms with E-state index >= 15 is 0 Å². The minimum absolute atomic E-state index is 0.765. The normalized spacial score (nSPS) is 11.8. The summed E-state index contributed by atoms with van der Waals surface area (Å²) in [7, 11) is 0. The highest BCUT2D eigenvalue weighted by Gasteiger charge is 2.29. The summed E-state index contributed by atoms with van der Waals surface area (Å²) in [5, 5.41) is 7.37. The van der Waals surface area contributed by atoms with Crippen molar-refractivity contribution in [3.05, 3.63) is 249 Å². The van der Waals surface area contributed by atoms with Gasteiger partial charge in [0.15, 0.2) is 11.5 Å². The monoisotopic (exact) mass is 819 g/mol. The first-order valence-corrected chi connectivity index (χ1v) is 21.8. The van der Waals surface area contributed by atoms with Crippen LogP contribution in [0.1, 0.15) is 0 Å². The summed E-state index contributed by atoms with van der Waals surface area (Å²) < 4.78 is 7.13. The van der Waals surface area contributed by atoms with Crippen LogP contribution in [0.5, 0.6) is 11.5 Å². The molecule has 0 N–H and O–H groups in total. The van der Waals surface area contributed by atoms with Crippen LogP contribution in [0, 0.1) is 0 Å². The summed E-state index contributed by atoms with van der Waals surface area (Å²) in [5.41, 5.74) is 11.6. The minimum atomic E-state index is 0.765. The number of anilines is 9. The number of rotatable bonds is 8. The largest absolute Gasteiger partial charge is 0.453 e. The number of hydrogen-bond donors (Lipinski definition) is 0. The number of hydrogen-bond acceptors (Lipinski definition) is 4. The van der Waals surface area contributed by atoms with Crippen LogP contribution in [0.25, 0.3) is 43.4 Å². The molecule has 11 aromatic rings. The van der Waals surface area contributed by atoms with E-state index in [1.54, 1.807) is 0 Å². The molecule has 4 heteroatoms. The van der Waals surface area contributed by atoms with Crippen LogP contribution in [-0.4, -0.2) is 0 Å². The molecule has 0 spiro atoms. The van der Waals surface area contributed by atoms with Gasteiger partial charge in [0.05, 0.1) is 11.4 Å². The molecule has 0 amide bonds. The smallest absolute Gasteiger partial charge is 0.153 e. The first-order valence-electron chi connectivity index (χ1n) is 21.8. The third kappa shape index (κ3) is 6.48. The van der Waals surface area contributed by atoms with Gasteiger partial charge in [-0.2, -0.15) is 0 Å². The number of nitrogens with zero attached hydrogens (tertiary/aromatic N) is 3. The van der Waals surface area contributed by atoms with Gasteiger partial charge >= 0.3 is 0 Å². The zero-order valence-electron chi connectivity index (χ0n) is 34.9. The molecule has 0 fully saturated rings. The van der Waals surface area contributed by atoms with Gasteiger partial charge in [-0.25, -0.2) is 0 Å². The molecule has 302 valence electrons. The molecule has 1 heterocycles. The van der Waals surface area contributed by atoms with Gasteiger partial charge < -0.3 is 19.4 Å². The maximum Gasteiger partial charge on any atom is 0.153 e. The molecule has 0 aliphatic carbocycles. The molecular weight excluding hydrogens is 779 g/mol. The molecule has 0 saturated carbocycles. The predicted molar refractivity (Wildman–Crippen MR) is 269 cm³/mol. The van der Waals surface area contributed by atoms with Crippen molar-refractivity contribution in [1.82, 2.24) is 0 Å². The van der Waals surface area contributed by atoms with Crippen LogP contribution in [0.4, 0.5) is 51.2 Å². The quantitative estimate of drug-likeness (QED) is 0.142. The molecule has 12 rings (SSSR count). The fourth-order valence-corrected chi connectivity index (χ4v) is 9.44. The van der Waals surface area contributed by atoms with Crippen LogP contribution >= 0.6 is 0 Å². The van der Waals surface area contributed by atoms with Crippen molar-refractivity contribution in [1.29, 1.82) is 0 Å². The lowest BCUT2D eigenvalue weighted by molar-refractivity contribution is 0.477. The van der Waals surface area contributed by atoms with Crippen LogP contribution in [-0.2, 0) is 0 Å². The Balaban J connectivity index is 1.07. The minimum Gasteiger partial charge on any atom is -0.453 e. The molecule has 1 aliphatic heterocycles. The molecule has 0 unspecified atom stereocenters. The summed E-state index contributed by atoms with van der Waals surface area (Å²) in [5.74, 6) is 1.53. The highest BCUT2D eigenvalue weighted by Crippen LogP contribution is 2.54. The van der Waals surface area contributed by atoms with E-state index < -0.39 is 0 Å². The van der Waals surface area contributed by atoms with Crippen LogP contribution in [0.2, 0.25) is 0 Å². The highest BCUT2D eigenvalue weighted by atomic mass is 16.5. The summed E-state index contributed by atoms with van der Waals surface area (Å²) in [6, 6.07) is 88.6. The second-order valence-electron chi connectivity index (χ2n) is 16.2. The third-order valence-electron chi connectivity index (χ3n) is 12.3. The van der Waals surface area contributed by atoms with Crippen molar-refractivity contribution in [2.24, 2.45) is 0 Å². The van der Waals surface area contributed by atoms with E-state index in [0.29, 0.717) is 0 Å². The first kappa shape index (κ1) is 37.2. The Morgan fingerprint density at radius 3 is 1.16 bits per heavy atom. The third-order valence-corrected chi connectivity index (χ3v) is 12.3. The maximum absolute atomic E-state index is 7.13. The lowest BCUT2D eigenvalue weighted by Gasteiger charge is -2.35. The number of benzene rings is 11. The predicted octanol–water partition coefficient (Wildman–Crippen LogP) is 17.3. The van der Waals surface area contributed by atoms with Crippen molar-refractivity contribution in [3.8, 4) is 22.6 Å². The van der Waals surface area contributed by atoms with Gasteiger partial charge in [-0.05, 0) is 134 Å². The molecule has 0 aromatic heterocycles.